The Hall–Kier alpha value is -1.81. The van der Waals surface area contributed by atoms with E-state index < -0.39 is 5.60 Å². The number of fused-ring (bicyclic) bond motifs is 1. The Bertz CT molecular complexity index is 672. The third kappa shape index (κ3) is 1.75. The number of aliphatic hydroxyl groups is 1. The quantitative estimate of drug-likeness (QED) is 0.879. The SMILES string of the molecule is O=C(c1ccc2[nH]ccc2c1)N1CCC[C@H]1C1(O)CC1. The number of benzene rings is 1. The van der Waals surface area contributed by atoms with E-state index in [9.17, 15) is 9.90 Å². The third-order valence-electron chi connectivity index (χ3n) is 4.70. The summed E-state index contributed by atoms with van der Waals surface area (Å²) in [6, 6.07) is 7.73. The van der Waals surface area contributed by atoms with Crippen LogP contribution < -0.4 is 0 Å². The second-order valence-corrected chi connectivity index (χ2v) is 6.04. The van der Waals surface area contributed by atoms with E-state index in [1.807, 2.05) is 35.4 Å². The summed E-state index contributed by atoms with van der Waals surface area (Å²) in [4.78, 5) is 17.7. The van der Waals surface area contributed by atoms with E-state index in [1.165, 1.54) is 0 Å². The average Bonchev–Trinajstić information content (AvgIpc) is 2.93. The number of aromatic nitrogens is 1. The van der Waals surface area contributed by atoms with Crippen molar-refractivity contribution < 1.29 is 9.90 Å². The van der Waals surface area contributed by atoms with E-state index in [4.69, 9.17) is 0 Å². The van der Waals surface area contributed by atoms with Crippen molar-refractivity contribution in [2.24, 2.45) is 0 Å². The fraction of sp³-hybridized carbons (Fsp3) is 0.438. The highest BCUT2D eigenvalue weighted by Crippen LogP contribution is 2.44. The Morgan fingerprint density at radius 2 is 2.20 bits per heavy atom. The van der Waals surface area contributed by atoms with Crippen molar-refractivity contribution >= 4 is 16.8 Å². The number of nitrogens with zero attached hydrogens (tertiary/aromatic N) is 1. The lowest BCUT2D eigenvalue weighted by molar-refractivity contribution is 0.0386. The summed E-state index contributed by atoms with van der Waals surface area (Å²) in [6.07, 6.45) is 5.46. The van der Waals surface area contributed by atoms with Gasteiger partial charge in [-0.15, -0.1) is 0 Å². The van der Waals surface area contributed by atoms with Crippen LogP contribution in [0.2, 0.25) is 0 Å². The van der Waals surface area contributed by atoms with Crippen LogP contribution >= 0.6 is 0 Å². The second kappa shape index (κ2) is 4.09. The number of nitrogens with one attached hydrogen (secondary N) is 1. The monoisotopic (exact) mass is 270 g/mol. The summed E-state index contributed by atoms with van der Waals surface area (Å²) < 4.78 is 0. The number of hydrogen-bond acceptors (Lipinski definition) is 2. The van der Waals surface area contributed by atoms with Gasteiger partial charge in [0.2, 0.25) is 0 Å². The molecule has 2 fully saturated rings. The molecule has 1 amide bonds. The summed E-state index contributed by atoms with van der Waals surface area (Å²) in [7, 11) is 0. The van der Waals surface area contributed by atoms with Crippen LogP contribution in [0.4, 0.5) is 0 Å². The Kier molecular flexibility index (Phi) is 2.45. The Morgan fingerprint density at radius 1 is 1.35 bits per heavy atom. The van der Waals surface area contributed by atoms with Crippen LogP contribution in [0, 0.1) is 0 Å². The number of likely N-dealkylation sites (tertiary alicyclic amines) is 1. The van der Waals surface area contributed by atoms with Gasteiger partial charge in [0.25, 0.3) is 5.91 Å². The molecule has 2 N–H and O–H groups in total. The van der Waals surface area contributed by atoms with Gasteiger partial charge in [0.05, 0.1) is 11.6 Å². The number of aromatic amines is 1. The first-order valence-corrected chi connectivity index (χ1v) is 7.28. The van der Waals surface area contributed by atoms with Gasteiger partial charge in [-0.3, -0.25) is 4.79 Å². The van der Waals surface area contributed by atoms with Crippen LogP contribution in [-0.2, 0) is 0 Å². The van der Waals surface area contributed by atoms with Crippen LogP contribution in [0.5, 0.6) is 0 Å². The topological polar surface area (TPSA) is 56.3 Å². The van der Waals surface area contributed by atoms with Crippen molar-refractivity contribution in [1.82, 2.24) is 9.88 Å². The summed E-state index contributed by atoms with van der Waals surface area (Å²) in [5.41, 5.74) is 1.15. The molecule has 4 rings (SSSR count). The molecule has 0 spiro atoms. The minimum absolute atomic E-state index is 0.0110. The van der Waals surface area contributed by atoms with Crippen molar-refractivity contribution in [1.29, 1.82) is 0 Å². The van der Waals surface area contributed by atoms with E-state index in [2.05, 4.69) is 4.98 Å². The van der Waals surface area contributed by atoms with E-state index in [0.29, 0.717) is 5.56 Å². The van der Waals surface area contributed by atoms with Crippen LogP contribution in [0.3, 0.4) is 0 Å². The second-order valence-electron chi connectivity index (χ2n) is 6.04. The standard InChI is InChI=1S/C16H18N2O2/c19-15(12-3-4-13-11(10-12)5-8-17-13)18-9-1-2-14(18)16(20)6-7-16/h3-5,8,10,14,17,20H,1-2,6-7,9H2/t14-/m0/s1. The zero-order valence-electron chi connectivity index (χ0n) is 11.3. The van der Waals surface area contributed by atoms with Gasteiger partial charge in [0.15, 0.2) is 0 Å². The van der Waals surface area contributed by atoms with Crippen LogP contribution in [0.1, 0.15) is 36.0 Å². The highest BCUT2D eigenvalue weighted by molar-refractivity contribution is 5.98. The van der Waals surface area contributed by atoms with Gasteiger partial charge in [0.1, 0.15) is 0 Å². The molecule has 1 saturated heterocycles. The Labute approximate surface area is 117 Å². The molecule has 1 aromatic heterocycles. The Morgan fingerprint density at radius 3 is 3.00 bits per heavy atom. The lowest BCUT2D eigenvalue weighted by Crippen LogP contribution is -2.44. The van der Waals surface area contributed by atoms with Crippen molar-refractivity contribution in [3.8, 4) is 0 Å². The smallest absolute Gasteiger partial charge is 0.254 e. The molecular formula is C16H18N2O2. The van der Waals surface area contributed by atoms with E-state index in [-0.39, 0.29) is 11.9 Å². The largest absolute Gasteiger partial charge is 0.388 e. The van der Waals surface area contributed by atoms with Crippen LogP contribution in [0.15, 0.2) is 30.5 Å². The predicted octanol–water partition coefficient (Wildman–Crippen LogP) is 2.30. The predicted molar refractivity (Wildman–Crippen MR) is 76.5 cm³/mol. The number of carbonyl (C=O) groups is 1. The first-order chi connectivity index (χ1) is 9.67. The molecular weight excluding hydrogens is 252 g/mol. The molecule has 1 aliphatic carbocycles. The molecule has 4 heteroatoms. The van der Waals surface area contributed by atoms with Crippen LogP contribution in [0.25, 0.3) is 10.9 Å². The Balaban J connectivity index is 1.65. The first kappa shape index (κ1) is 12.0. The molecule has 0 radical (unpaired) electrons. The fourth-order valence-electron chi connectivity index (χ4n) is 3.38. The number of H-pyrrole nitrogens is 1. The molecule has 104 valence electrons. The van der Waals surface area contributed by atoms with Crippen molar-refractivity contribution in [2.75, 3.05) is 6.54 Å². The molecule has 2 aliphatic rings. The van der Waals surface area contributed by atoms with Gasteiger partial charge in [0, 0.05) is 29.2 Å². The highest BCUT2D eigenvalue weighted by Gasteiger charge is 2.52. The average molecular weight is 270 g/mol. The van der Waals surface area contributed by atoms with Gasteiger partial charge >= 0.3 is 0 Å². The molecule has 1 atom stereocenters. The summed E-state index contributed by atoms with van der Waals surface area (Å²) in [5, 5.41) is 11.4. The summed E-state index contributed by atoms with van der Waals surface area (Å²) in [6.45, 7) is 0.761. The molecule has 0 bridgehead atoms. The van der Waals surface area contributed by atoms with Crippen molar-refractivity contribution in [3.63, 3.8) is 0 Å². The molecule has 2 aromatic rings. The molecule has 0 unspecified atom stereocenters. The zero-order chi connectivity index (χ0) is 13.7. The molecule has 1 aliphatic heterocycles. The van der Waals surface area contributed by atoms with E-state index in [1.54, 1.807) is 0 Å². The van der Waals surface area contributed by atoms with Gasteiger partial charge in [-0.1, -0.05) is 0 Å². The third-order valence-corrected chi connectivity index (χ3v) is 4.70. The molecule has 4 nitrogen and oxygen atoms in total. The summed E-state index contributed by atoms with van der Waals surface area (Å²) in [5.74, 6) is 0.0518. The molecule has 1 aromatic carbocycles. The van der Waals surface area contributed by atoms with E-state index >= 15 is 0 Å². The van der Waals surface area contributed by atoms with Crippen molar-refractivity contribution in [3.05, 3.63) is 36.0 Å². The number of rotatable bonds is 2. The maximum Gasteiger partial charge on any atom is 0.254 e. The van der Waals surface area contributed by atoms with Crippen LogP contribution in [-0.4, -0.2) is 39.1 Å². The normalized spacial score (nSPS) is 24.2. The number of hydrogen-bond donors (Lipinski definition) is 2. The summed E-state index contributed by atoms with van der Waals surface area (Å²) >= 11 is 0. The zero-order valence-corrected chi connectivity index (χ0v) is 11.3. The maximum atomic E-state index is 12.7. The molecule has 1 saturated carbocycles. The minimum atomic E-state index is -0.607. The van der Waals surface area contributed by atoms with Gasteiger partial charge in [-0.25, -0.2) is 0 Å². The fourth-order valence-corrected chi connectivity index (χ4v) is 3.38. The molecule has 2 heterocycles. The lowest BCUT2D eigenvalue weighted by Gasteiger charge is -2.28. The van der Waals surface area contributed by atoms with Crippen molar-refractivity contribution in [2.45, 2.75) is 37.3 Å². The van der Waals surface area contributed by atoms with Gasteiger partial charge < -0.3 is 15.0 Å². The lowest BCUT2D eigenvalue weighted by atomic mass is 10.1. The number of carbonyl (C=O) groups excluding carboxylic acids is 1. The first-order valence-electron chi connectivity index (χ1n) is 7.28. The maximum absolute atomic E-state index is 12.7. The highest BCUT2D eigenvalue weighted by atomic mass is 16.3. The van der Waals surface area contributed by atoms with E-state index in [0.717, 1.165) is 43.1 Å². The minimum Gasteiger partial charge on any atom is -0.388 e. The number of amides is 1. The molecule has 20 heavy (non-hydrogen) atoms. The van der Waals surface area contributed by atoms with Gasteiger partial charge in [-0.2, -0.15) is 0 Å². The van der Waals surface area contributed by atoms with Gasteiger partial charge in [-0.05, 0) is 49.9 Å².